The van der Waals surface area contributed by atoms with Crippen LogP contribution in [0.25, 0.3) is 0 Å². The quantitative estimate of drug-likeness (QED) is 0.466. The smallest absolute Gasteiger partial charge is 0.186 e. The van der Waals surface area contributed by atoms with E-state index in [1.54, 1.807) is 0 Å². The normalized spacial score (nSPS) is 17.4. The maximum atomic E-state index is 13.0. The Bertz CT molecular complexity index is 573. The number of hydrogen-bond donors (Lipinski definition) is 0. The van der Waals surface area contributed by atoms with Gasteiger partial charge in [-0.3, -0.25) is 4.79 Å². The second-order valence-corrected chi connectivity index (χ2v) is 10.5. The average molecular weight is 349 g/mol. The molecule has 0 unspecified atom stereocenters. The highest BCUT2D eigenvalue weighted by molar-refractivity contribution is 6.11. The Morgan fingerprint density at radius 3 is 1.44 bits per heavy atom. The number of carbonyl (C=O) groups is 1. The Kier molecular flexibility index (Phi) is 5.98. The van der Waals surface area contributed by atoms with Crippen molar-refractivity contribution in [1.82, 2.24) is 0 Å². The largest absolute Gasteiger partial charge is 0.289 e. The molecule has 0 N–H and O–H groups in total. The second-order valence-electron chi connectivity index (χ2n) is 10.5. The van der Waals surface area contributed by atoms with E-state index in [1.165, 1.54) is 0 Å². The lowest BCUT2D eigenvalue weighted by Gasteiger charge is -2.32. The zero-order valence-corrected chi connectivity index (χ0v) is 18.0. The van der Waals surface area contributed by atoms with Gasteiger partial charge in [0.2, 0.25) is 0 Å². The first-order chi connectivity index (χ1) is 10.9. The minimum Gasteiger partial charge on any atom is -0.289 e. The predicted octanol–water partition coefficient (Wildman–Crippen LogP) is 5.97. The molecule has 142 valence electrons. The predicted molar refractivity (Wildman–Crippen MR) is 104 cm³/mol. The van der Waals surface area contributed by atoms with Crippen LogP contribution >= 0.6 is 0 Å². The van der Waals surface area contributed by atoms with E-state index in [9.17, 15) is 4.79 Å². The van der Waals surface area contributed by atoms with Crippen molar-refractivity contribution in [2.75, 3.05) is 0 Å². The topological polar surface area (TPSA) is 35.5 Å². The molecule has 25 heavy (non-hydrogen) atoms. The van der Waals surface area contributed by atoms with Gasteiger partial charge in [-0.15, -0.1) is 0 Å². The van der Waals surface area contributed by atoms with Gasteiger partial charge in [-0.05, 0) is 69.2 Å². The highest BCUT2D eigenvalue weighted by Gasteiger charge is 2.34. The molecule has 0 saturated carbocycles. The zero-order valence-electron chi connectivity index (χ0n) is 18.0. The molecule has 0 amide bonds. The Hall–Kier alpha value is -1.19. The van der Waals surface area contributed by atoms with Crippen molar-refractivity contribution >= 4 is 5.78 Å². The summed E-state index contributed by atoms with van der Waals surface area (Å²) in [5.41, 5.74) is 1.23. The monoisotopic (exact) mass is 348 g/mol. The van der Waals surface area contributed by atoms with Gasteiger partial charge in [0.1, 0.15) is 5.60 Å². The molecule has 1 rings (SSSR count). The van der Waals surface area contributed by atoms with Crippen LogP contribution in [0.1, 0.15) is 76.2 Å². The molecule has 0 aliphatic heterocycles. The number of ketones is 1. The molecule has 0 spiro atoms. The number of Topliss-reactive ketones (excluding diaryl/α,β-unsaturated/α-hetero) is 1. The number of allylic oxidation sites excluding steroid dienone is 5. The minimum absolute atomic E-state index is 0.141. The molecule has 0 atom stereocenters. The Balaban J connectivity index is 3.32. The SMILES string of the molecule is CC(C)(C)OOC(C)(C)C=C1C=C(C(C)(C)C)C(=O)C(C(C)(C)C)=C1. The molecule has 0 aromatic heterocycles. The van der Waals surface area contributed by atoms with Crippen LogP contribution in [0.2, 0.25) is 0 Å². The Labute approximate surface area is 154 Å². The van der Waals surface area contributed by atoms with E-state index in [4.69, 9.17) is 9.78 Å². The van der Waals surface area contributed by atoms with Crippen molar-refractivity contribution in [2.45, 2.75) is 87.4 Å². The van der Waals surface area contributed by atoms with Crippen LogP contribution in [0, 0.1) is 10.8 Å². The van der Waals surface area contributed by atoms with Crippen LogP contribution in [0.3, 0.4) is 0 Å². The number of hydrogen-bond acceptors (Lipinski definition) is 3. The fourth-order valence-electron chi connectivity index (χ4n) is 2.51. The van der Waals surface area contributed by atoms with Crippen molar-refractivity contribution in [3.05, 3.63) is 34.9 Å². The van der Waals surface area contributed by atoms with Crippen LogP contribution in [0.4, 0.5) is 0 Å². The van der Waals surface area contributed by atoms with Crippen molar-refractivity contribution in [2.24, 2.45) is 10.8 Å². The van der Waals surface area contributed by atoms with Gasteiger partial charge in [-0.1, -0.05) is 41.5 Å². The summed E-state index contributed by atoms with van der Waals surface area (Å²) in [6.45, 7) is 22.2. The van der Waals surface area contributed by atoms with Crippen molar-refractivity contribution in [3.8, 4) is 0 Å². The molecule has 3 heteroatoms. The lowest BCUT2D eigenvalue weighted by atomic mass is 9.71. The van der Waals surface area contributed by atoms with Crippen LogP contribution in [-0.2, 0) is 14.6 Å². The van der Waals surface area contributed by atoms with Crippen molar-refractivity contribution in [1.29, 1.82) is 0 Å². The molecule has 3 nitrogen and oxygen atoms in total. The van der Waals surface area contributed by atoms with Gasteiger partial charge < -0.3 is 0 Å². The summed E-state index contributed by atoms with van der Waals surface area (Å²) in [7, 11) is 0. The minimum atomic E-state index is -0.609. The van der Waals surface area contributed by atoms with E-state index in [-0.39, 0.29) is 22.2 Å². The molecule has 0 heterocycles. The Morgan fingerprint density at radius 2 is 1.12 bits per heavy atom. The maximum absolute atomic E-state index is 13.0. The third kappa shape index (κ3) is 6.56. The number of rotatable bonds is 3. The van der Waals surface area contributed by atoms with E-state index in [2.05, 4.69) is 41.5 Å². The summed E-state index contributed by atoms with van der Waals surface area (Å²) < 4.78 is 0. The van der Waals surface area contributed by atoms with E-state index in [0.717, 1.165) is 16.7 Å². The lowest BCUT2D eigenvalue weighted by Crippen LogP contribution is -2.30. The fourth-order valence-corrected chi connectivity index (χ4v) is 2.51. The summed E-state index contributed by atoms with van der Waals surface area (Å²) in [5, 5.41) is 0. The van der Waals surface area contributed by atoms with Crippen LogP contribution in [-0.4, -0.2) is 17.0 Å². The first-order valence-corrected chi connectivity index (χ1v) is 9.01. The van der Waals surface area contributed by atoms with E-state index in [0.29, 0.717) is 0 Å². The van der Waals surface area contributed by atoms with Crippen molar-refractivity contribution < 1.29 is 14.6 Å². The molecule has 0 saturated heterocycles. The Morgan fingerprint density at radius 1 is 0.720 bits per heavy atom. The van der Waals surface area contributed by atoms with Gasteiger partial charge in [0.15, 0.2) is 5.78 Å². The standard InChI is InChI=1S/C22H36O3/c1-19(2,3)16-12-15(13-17(18(16)23)20(4,5)6)14-22(10,11)25-24-21(7,8)9/h12-14H,1-11H3. The second kappa shape index (κ2) is 6.85. The first-order valence-electron chi connectivity index (χ1n) is 9.01. The number of carbonyl (C=O) groups excluding carboxylic acids is 1. The molecule has 0 aromatic carbocycles. The van der Waals surface area contributed by atoms with Crippen LogP contribution in [0.15, 0.2) is 34.9 Å². The van der Waals surface area contributed by atoms with Gasteiger partial charge in [0, 0.05) is 11.1 Å². The summed E-state index contributed by atoms with van der Waals surface area (Å²) in [6.07, 6.45) is 5.99. The van der Waals surface area contributed by atoms with Gasteiger partial charge in [0.25, 0.3) is 0 Å². The highest BCUT2D eigenvalue weighted by Crippen LogP contribution is 2.39. The lowest BCUT2D eigenvalue weighted by molar-refractivity contribution is -0.386. The summed E-state index contributed by atoms with van der Waals surface area (Å²) in [6, 6.07) is 0. The third-order valence-electron chi connectivity index (χ3n) is 3.75. The van der Waals surface area contributed by atoms with Gasteiger partial charge in [-0.2, -0.15) is 0 Å². The molecule has 0 bridgehead atoms. The highest BCUT2D eigenvalue weighted by atomic mass is 17.2. The van der Waals surface area contributed by atoms with Crippen LogP contribution < -0.4 is 0 Å². The molecular weight excluding hydrogens is 312 g/mol. The molecule has 1 aliphatic carbocycles. The summed E-state index contributed by atoms with van der Waals surface area (Å²) in [4.78, 5) is 24.1. The average Bonchev–Trinajstić information content (AvgIpc) is 2.35. The van der Waals surface area contributed by atoms with Crippen LogP contribution in [0.5, 0.6) is 0 Å². The molecular formula is C22H36O3. The van der Waals surface area contributed by atoms with Gasteiger partial charge in [0.05, 0.1) is 5.60 Å². The molecule has 0 fully saturated rings. The third-order valence-corrected chi connectivity index (χ3v) is 3.75. The zero-order chi connectivity index (χ0) is 19.8. The summed E-state index contributed by atoms with van der Waals surface area (Å²) >= 11 is 0. The molecule has 0 aromatic rings. The fraction of sp³-hybridized carbons (Fsp3) is 0.682. The maximum Gasteiger partial charge on any atom is 0.186 e. The van der Waals surface area contributed by atoms with E-state index in [1.807, 2.05) is 52.8 Å². The first kappa shape index (κ1) is 21.9. The molecule has 0 radical (unpaired) electrons. The summed E-state index contributed by atoms with van der Waals surface area (Å²) in [5.74, 6) is 0.141. The van der Waals surface area contributed by atoms with Gasteiger partial charge in [-0.25, -0.2) is 9.78 Å². The molecule has 1 aliphatic rings. The van der Waals surface area contributed by atoms with E-state index < -0.39 is 5.60 Å². The van der Waals surface area contributed by atoms with Gasteiger partial charge >= 0.3 is 0 Å². The van der Waals surface area contributed by atoms with Crippen molar-refractivity contribution in [3.63, 3.8) is 0 Å². The van der Waals surface area contributed by atoms with E-state index >= 15 is 0 Å².